The van der Waals surface area contributed by atoms with E-state index in [1.807, 2.05) is 13.8 Å². The van der Waals surface area contributed by atoms with E-state index in [0.29, 0.717) is 18.3 Å². The Labute approximate surface area is 141 Å². The zero-order valence-electron chi connectivity index (χ0n) is 15.4. The molecule has 0 radical (unpaired) electrons. The zero-order valence-corrected chi connectivity index (χ0v) is 15.4. The van der Waals surface area contributed by atoms with Crippen molar-refractivity contribution in [2.75, 3.05) is 0 Å². The predicted molar refractivity (Wildman–Crippen MR) is 93.0 cm³/mol. The van der Waals surface area contributed by atoms with Gasteiger partial charge in [0.2, 0.25) is 0 Å². The standard InChI is InChI=1S/C20H34O3/c1-14(10-13-21)8-11-18(3)15(2)9-12-19(4)16(18)6-7-17(22)20(19,5)23/h10,13,15-17,22-23H,6-9,11-12H2,1-5H3/b14-10+/t15-,16-,17-,18+,19-,20+/m1/s1. The highest BCUT2D eigenvalue weighted by Gasteiger charge is 2.62. The maximum Gasteiger partial charge on any atom is 0.142 e. The van der Waals surface area contributed by atoms with E-state index in [0.717, 1.165) is 44.0 Å². The lowest BCUT2D eigenvalue weighted by Crippen LogP contribution is -2.65. The lowest BCUT2D eigenvalue weighted by molar-refractivity contribution is -0.235. The van der Waals surface area contributed by atoms with Crippen molar-refractivity contribution in [3.05, 3.63) is 11.6 Å². The molecule has 2 saturated carbocycles. The minimum Gasteiger partial charge on any atom is -0.390 e. The molecule has 0 heterocycles. The normalized spacial score (nSPS) is 48.0. The van der Waals surface area contributed by atoms with Crippen molar-refractivity contribution in [3.63, 3.8) is 0 Å². The summed E-state index contributed by atoms with van der Waals surface area (Å²) < 4.78 is 0. The smallest absolute Gasteiger partial charge is 0.142 e. The summed E-state index contributed by atoms with van der Waals surface area (Å²) in [6.45, 7) is 10.7. The van der Waals surface area contributed by atoms with Crippen LogP contribution in [-0.4, -0.2) is 28.2 Å². The Kier molecular flexibility index (Phi) is 5.13. The number of rotatable bonds is 4. The lowest BCUT2D eigenvalue weighted by atomic mass is 9.43. The van der Waals surface area contributed by atoms with Gasteiger partial charge in [-0.25, -0.2) is 0 Å². The summed E-state index contributed by atoms with van der Waals surface area (Å²) in [6.07, 6.45) is 7.59. The minimum absolute atomic E-state index is 0.134. The Hall–Kier alpha value is -0.670. The lowest BCUT2D eigenvalue weighted by Gasteiger charge is -2.64. The summed E-state index contributed by atoms with van der Waals surface area (Å²) in [4.78, 5) is 10.7. The van der Waals surface area contributed by atoms with Crippen LogP contribution in [0.15, 0.2) is 11.6 Å². The Morgan fingerprint density at radius 2 is 1.87 bits per heavy atom. The Morgan fingerprint density at radius 1 is 1.22 bits per heavy atom. The summed E-state index contributed by atoms with van der Waals surface area (Å²) in [5.74, 6) is 0.997. The van der Waals surface area contributed by atoms with Gasteiger partial charge in [0.25, 0.3) is 0 Å². The largest absolute Gasteiger partial charge is 0.390 e. The van der Waals surface area contributed by atoms with Gasteiger partial charge in [-0.15, -0.1) is 0 Å². The fourth-order valence-electron chi connectivity index (χ4n) is 5.42. The van der Waals surface area contributed by atoms with Gasteiger partial charge in [-0.1, -0.05) is 26.3 Å². The van der Waals surface area contributed by atoms with Crippen LogP contribution in [0.25, 0.3) is 0 Å². The van der Waals surface area contributed by atoms with Gasteiger partial charge in [0, 0.05) is 5.41 Å². The van der Waals surface area contributed by atoms with Crippen molar-refractivity contribution in [2.24, 2.45) is 22.7 Å². The van der Waals surface area contributed by atoms with Crippen LogP contribution in [0.5, 0.6) is 0 Å². The van der Waals surface area contributed by atoms with Crippen molar-refractivity contribution >= 4 is 6.29 Å². The number of hydrogen-bond acceptors (Lipinski definition) is 3. The molecule has 0 aromatic rings. The van der Waals surface area contributed by atoms with Gasteiger partial charge in [0.15, 0.2) is 0 Å². The zero-order chi connectivity index (χ0) is 17.5. The molecule has 2 rings (SSSR count). The molecule has 2 fully saturated rings. The molecule has 2 aliphatic carbocycles. The first-order valence-corrected chi connectivity index (χ1v) is 9.11. The van der Waals surface area contributed by atoms with Crippen molar-refractivity contribution in [1.82, 2.24) is 0 Å². The number of allylic oxidation sites excluding steroid dienone is 2. The average molecular weight is 322 g/mol. The average Bonchev–Trinajstić information content (AvgIpc) is 2.48. The molecular weight excluding hydrogens is 288 g/mol. The number of fused-ring (bicyclic) bond motifs is 1. The van der Waals surface area contributed by atoms with Gasteiger partial charge in [-0.05, 0) is 75.7 Å². The van der Waals surface area contributed by atoms with Crippen LogP contribution >= 0.6 is 0 Å². The molecule has 3 heteroatoms. The molecule has 2 aliphatic rings. The van der Waals surface area contributed by atoms with Gasteiger partial charge in [0.1, 0.15) is 6.29 Å². The van der Waals surface area contributed by atoms with Crippen LogP contribution < -0.4 is 0 Å². The number of hydrogen-bond donors (Lipinski definition) is 2. The first kappa shape index (κ1) is 18.7. The SMILES string of the molecule is C/C(=C\C=O)CC[C@@]1(C)[C@H](C)CC[C@]2(C)[C@@H]1CC[C@@H](O)[C@]2(C)O. The molecule has 2 N–H and O–H groups in total. The quantitative estimate of drug-likeness (QED) is 0.610. The molecule has 23 heavy (non-hydrogen) atoms. The third kappa shape index (κ3) is 2.91. The summed E-state index contributed by atoms with van der Waals surface area (Å²) >= 11 is 0. The maximum atomic E-state index is 11.1. The summed E-state index contributed by atoms with van der Waals surface area (Å²) in [5.41, 5.74) is -0.00258. The fourth-order valence-corrected chi connectivity index (χ4v) is 5.42. The number of aldehydes is 1. The van der Waals surface area contributed by atoms with E-state index in [1.165, 1.54) is 0 Å². The van der Waals surface area contributed by atoms with E-state index in [2.05, 4.69) is 20.8 Å². The molecule has 0 saturated heterocycles. The van der Waals surface area contributed by atoms with Crippen LogP contribution in [0.4, 0.5) is 0 Å². The second-order valence-electron chi connectivity index (χ2n) is 8.81. The highest BCUT2D eigenvalue weighted by molar-refractivity contribution is 5.65. The third-order valence-electron chi connectivity index (χ3n) is 7.73. The fraction of sp³-hybridized carbons (Fsp3) is 0.850. The van der Waals surface area contributed by atoms with Crippen molar-refractivity contribution in [3.8, 4) is 0 Å². The number of carbonyl (C=O) groups excluding carboxylic acids is 1. The molecule has 3 nitrogen and oxygen atoms in total. The van der Waals surface area contributed by atoms with Crippen LogP contribution in [0.3, 0.4) is 0 Å². The molecule has 0 amide bonds. The van der Waals surface area contributed by atoms with Crippen LogP contribution in [0.2, 0.25) is 0 Å². The second kappa shape index (κ2) is 6.33. The summed E-state index contributed by atoms with van der Waals surface area (Å²) in [5, 5.41) is 21.4. The highest BCUT2D eigenvalue weighted by Crippen LogP contribution is 2.64. The molecule has 6 atom stereocenters. The van der Waals surface area contributed by atoms with Gasteiger partial charge < -0.3 is 10.2 Å². The first-order valence-electron chi connectivity index (χ1n) is 9.11. The molecule has 0 bridgehead atoms. The van der Waals surface area contributed by atoms with Gasteiger partial charge in [0.05, 0.1) is 11.7 Å². The molecular formula is C20H34O3. The van der Waals surface area contributed by atoms with Gasteiger partial charge in [-0.2, -0.15) is 0 Å². The molecule has 0 aromatic heterocycles. The Morgan fingerprint density at radius 3 is 2.48 bits per heavy atom. The molecule has 0 aromatic carbocycles. The third-order valence-corrected chi connectivity index (χ3v) is 7.73. The van der Waals surface area contributed by atoms with Gasteiger partial charge in [-0.3, -0.25) is 4.79 Å². The van der Waals surface area contributed by atoms with Crippen molar-refractivity contribution < 1.29 is 15.0 Å². The van der Waals surface area contributed by atoms with E-state index in [1.54, 1.807) is 6.08 Å². The van der Waals surface area contributed by atoms with E-state index in [4.69, 9.17) is 0 Å². The van der Waals surface area contributed by atoms with E-state index < -0.39 is 11.7 Å². The van der Waals surface area contributed by atoms with Crippen molar-refractivity contribution in [2.45, 2.75) is 84.8 Å². The molecule has 0 aliphatic heterocycles. The molecule has 0 unspecified atom stereocenters. The number of carbonyl (C=O) groups is 1. The van der Waals surface area contributed by atoms with Crippen molar-refractivity contribution in [1.29, 1.82) is 0 Å². The summed E-state index contributed by atoms with van der Waals surface area (Å²) in [6, 6.07) is 0. The van der Waals surface area contributed by atoms with E-state index in [-0.39, 0.29) is 10.8 Å². The minimum atomic E-state index is -1.02. The molecule has 0 spiro atoms. The first-order chi connectivity index (χ1) is 10.6. The maximum absolute atomic E-state index is 11.1. The molecule has 132 valence electrons. The van der Waals surface area contributed by atoms with Crippen LogP contribution in [0, 0.1) is 22.7 Å². The number of aliphatic hydroxyl groups is 2. The highest BCUT2D eigenvalue weighted by atomic mass is 16.3. The number of aliphatic hydroxyl groups excluding tert-OH is 1. The van der Waals surface area contributed by atoms with Crippen LogP contribution in [0.1, 0.15) is 73.1 Å². The van der Waals surface area contributed by atoms with E-state index >= 15 is 0 Å². The van der Waals surface area contributed by atoms with Gasteiger partial charge >= 0.3 is 0 Å². The Bertz CT molecular complexity index is 481. The predicted octanol–water partition coefficient (Wildman–Crippen LogP) is 3.88. The van der Waals surface area contributed by atoms with E-state index in [9.17, 15) is 15.0 Å². The monoisotopic (exact) mass is 322 g/mol. The Balaban J connectivity index is 2.31. The van der Waals surface area contributed by atoms with Crippen LogP contribution in [-0.2, 0) is 4.79 Å². The topological polar surface area (TPSA) is 57.5 Å². The summed E-state index contributed by atoms with van der Waals surface area (Å²) in [7, 11) is 0. The second-order valence-corrected chi connectivity index (χ2v) is 8.81.